The number of hydrogen-bond donors (Lipinski definition) is 0. The Labute approximate surface area is 238 Å². The first-order valence-corrected chi connectivity index (χ1v) is 13.5. The number of allylic oxidation sites excluding steroid dienone is 1. The van der Waals surface area contributed by atoms with Crippen LogP contribution in [0.5, 0.6) is 0 Å². The van der Waals surface area contributed by atoms with Crippen molar-refractivity contribution in [2.24, 2.45) is 0 Å². The topological polar surface area (TPSA) is 86.5 Å². The standard InChI is InChI=1S/C34H28N4O3/c1-21-12-14-22(15-13-21)18-23-16-17-25-31(24-8-4-5-9-27(24)36-32(23)25)34(40)41-20-30(39)26(19-35)33-37(2)28-10-6-7-11-29(28)38(33)3/h4-15,18H,16-17,20H2,1-3H3/b23-18+. The highest BCUT2D eigenvalue weighted by Gasteiger charge is 2.32. The highest BCUT2D eigenvalue weighted by molar-refractivity contribution is 6.09. The highest BCUT2D eigenvalue weighted by Crippen LogP contribution is 2.41. The number of nitriles is 1. The molecule has 0 saturated heterocycles. The molecule has 1 aliphatic carbocycles. The molecule has 7 nitrogen and oxygen atoms in total. The van der Waals surface area contributed by atoms with E-state index < -0.39 is 18.4 Å². The largest absolute Gasteiger partial charge is 0.454 e. The third kappa shape index (κ3) is 4.53. The molecule has 202 valence electrons. The minimum absolute atomic E-state index is 0.0628. The zero-order valence-electron chi connectivity index (χ0n) is 23.1. The van der Waals surface area contributed by atoms with Crippen molar-refractivity contribution >= 4 is 45.7 Å². The molecule has 41 heavy (non-hydrogen) atoms. The molecule has 0 amide bonds. The lowest BCUT2D eigenvalue weighted by molar-refractivity contribution is -0.118. The number of aromatic nitrogens is 1. The van der Waals surface area contributed by atoms with Crippen LogP contribution in [-0.4, -0.2) is 37.4 Å². The number of ketones is 1. The SMILES string of the molecule is Cc1ccc(/C=C2\CCc3c2nc2ccccc2c3C(=O)OCC(=O)C(C#N)=C2N(C)c3ccccc3N2C)cc1. The third-order valence-corrected chi connectivity index (χ3v) is 7.75. The van der Waals surface area contributed by atoms with E-state index >= 15 is 0 Å². The molecule has 0 radical (unpaired) electrons. The highest BCUT2D eigenvalue weighted by atomic mass is 16.5. The van der Waals surface area contributed by atoms with Gasteiger partial charge in [-0.05, 0) is 60.7 Å². The Hall–Kier alpha value is -5.22. The number of anilines is 2. The molecule has 0 bridgehead atoms. The van der Waals surface area contributed by atoms with Gasteiger partial charge in [0.25, 0.3) is 0 Å². The van der Waals surface area contributed by atoms with E-state index in [0.29, 0.717) is 28.7 Å². The van der Waals surface area contributed by atoms with Crippen molar-refractivity contribution in [1.29, 1.82) is 5.26 Å². The number of fused-ring (bicyclic) bond motifs is 3. The van der Waals surface area contributed by atoms with Gasteiger partial charge in [-0.15, -0.1) is 0 Å². The third-order valence-electron chi connectivity index (χ3n) is 7.75. The minimum Gasteiger partial charge on any atom is -0.454 e. The molecule has 2 heterocycles. The van der Waals surface area contributed by atoms with Crippen LogP contribution in [0.15, 0.2) is 84.2 Å². The van der Waals surface area contributed by atoms with Crippen molar-refractivity contribution < 1.29 is 14.3 Å². The second kappa shape index (κ2) is 10.4. The fourth-order valence-corrected chi connectivity index (χ4v) is 5.71. The summed E-state index contributed by atoms with van der Waals surface area (Å²) in [5, 5.41) is 10.6. The van der Waals surface area contributed by atoms with Gasteiger partial charge in [-0.1, -0.05) is 60.2 Å². The van der Waals surface area contributed by atoms with Crippen molar-refractivity contribution in [3.8, 4) is 6.07 Å². The Bertz CT molecular complexity index is 1800. The molecule has 0 spiro atoms. The molecule has 7 heteroatoms. The molecule has 0 saturated carbocycles. The first kappa shape index (κ1) is 26.0. The first-order chi connectivity index (χ1) is 19.9. The summed E-state index contributed by atoms with van der Waals surface area (Å²) in [5.41, 5.74) is 7.76. The van der Waals surface area contributed by atoms with Crippen LogP contribution in [0.1, 0.15) is 39.2 Å². The van der Waals surface area contributed by atoms with Crippen LogP contribution in [-0.2, 0) is 16.0 Å². The summed E-state index contributed by atoms with van der Waals surface area (Å²) in [6.07, 6.45) is 3.50. The summed E-state index contributed by atoms with van der Waals surface area (Å²) in [6, 6.07) is 25.5. The van der Waals surface area contributed by atoms with E-state index in [1.165, 1.54) is 5.56 Å². The maximum atomic E-state index is 13.6. The van der Waals surface area contributed by atoms with Crippen LogP contribution in [0.25, 0.3) is 22.6 Å². The van der Waals surface area contributed by atoms with Gasteiger partial charge in [-0.3, -0.25) is 4.79 Å². The van der Waals surface area contributed by atoms with Crippen LogP contribution in [0.2, 0.25) is 0 Å². The molecule has 0 atom stereocenters. The summed E-state index contributed by atoms with van der Waals surface area (Å²) in [4.78, 5) is 35.4. The van der Waals surface area contributed by atoms with Crippen LogP contribution in [0.4, 0.5) is 11.4 Å². The predicted octanol–water partition coefficient (Wildman–Crippen LogP) is 6.08. The van der Waals surface area contributed by atoms with Crippen molar-refractivity contribution in [3.05, 3.63) is 112 Å². The average molecular weight is 541 g/mol. The lowest BCUT2D eigenvalue weighted by Gasteiger charge is -2.20. The fourth-order valence-electron chi connectivity index (χ4n) is 5.71. The minimum atomic E-state index is -0.594. The van der Waals surface area contributed by atoms with Crippen LogP contribution in [0, 0.1) is 18.3 Å². The molecule has 0 fully saturated rings. The lowest BCUT2D eigenvalue weighted by atomic mass is 10.0. The van der Waals surface area contributed by atoms with Crippen molar-refractivity contribution in [2.45, 2.75) is 19.8 Å². The van der Waals surface area contributed by atoms with E-state index in [1.807, 2.05) is 68.7 Å². The quantitative estimate of drug-likeness (QED) is 0.172. The number of para-hydroxylation sites is 3. The second-order valence-electron chi connectivity index (χ2n) is 10.3. The average Bonchev–Trinajstić information content (AvgIpc) is 3.50. The molecule has 2 aliphatic rings. The van der Waals surface area contributed by atoms with Gasteiger partial charge in [0, 0.05) is 19.5 Å². The molecule has 1 aliphatic heterocycles. The monoisotopic (exact) mass is 540 g/mol. The summed E-state index contributed by atoms with van der Waals surface area (Å²) in [7, 11) is 3.62. The number of nitrogens with zero attached hydrogens (tertiary/aromatic N) is 4. The van der Waals surface area contributed by atoms with Crippen LogP contribution in [0.3, 0.4) is 0 Å². The number of aryl methyl sites for hydroxylation is 1. The molecule has 0 N–H and O–H groups in total. The fraction of sp³-hybridized carbons (Fsp3) is 0.176. The van der Waals surface area contributed by atoms with Crippen LogP contribution >= 0.6 is 0 Å². The lowest BCUT2D eigenvalue weighted by Crippen LogP contribution is -2.28. The number of carbonyl (C=O) groups is 2. The van der Waals surface area contributed by atoms with E-state index in [4.69, 9.17) is 9.72 Å². The maximum Gasteiger partial charge on any atom is 0.339 e. The van der Waals surface area contributed by atoms with Gasteiger partial charge in [0.05, 0.1) is 28.1 Å². The Kier molecular flexibility index (Phi) is 6.60. The Morgan fingerprint density at radius 2 is 1.61 bits per heavy atom. The van der Waals surface area contributed by atoms with E-state index in [0.717, 1.165) is 40.2 Å². The summed E-state index contributed by atoms with van der Waals surface area (Å²) in [5.74, 6) is -0.698. The van der Waals surface area contributed by atoms with Gasteiger partial charge < -0.3 is 14.5 Å². The van der Waals surface area contributed by atoms with Crippen molar-refractivity contribution in [1.82, 2.24) is 4.98 Å². The van der Waals surface area contributed by atoms with Gasteiger partial charge in [0.2, 0.25) is 5.78 Å². The molecule has 0 unspecified atom stereocenters. The predicted molar refractivity (Wildman–Crippen MR) is 160 cm³/mol. The van der Waals surface area contributed by atoms with Crippen molar-refractivity contribution in [2.75, 3.05) is 30.5 Å². The summed E-state index contributed by atoms with van der Waals surface area (Å²) >= 11 is 0. The summed E-state index contributed by atoms with van der Waals surface area (Å²) in [6.45, 7) is 1.51. The molecule has 3 aromatic carbocycles. The van der Waals surface area contributed by atoms with Crippen LogP contribution < -0.4 is 9.80 Å². The number of carbonyl (C=O) groups excluding carboxylic acids is 2. The molecule has 4 aromatic rings. The zero-order chi connectivity index (χ0) is 28.7. The van der Waals surface area contributed by atoms with Gasteiger partial charge in [-0.2, -0.15) is 5.26 Å². The van der Waals surface area contributed by atoms with E-state index in [-0.39, 0.29) is 5.57 Å². The molecule has 1 aromatic heterocycles. The Morgan fingerprint density at radius 3 is 2.29 bits per heavy atom. The number of benzene rings is 3. The van der Waals surface area contributed by atoms with Gasteiger partial charge in [0.1, 0.15) is 17.5 Å². The molecular weight excluding hydrogens is 512 g/mol. The summed E-state index contributed by atoms with van der Waals surface area (Å²) < 4.78 is 5.62. The normalized spacial score (nSPS) is 14.7. The number of esters is 1. The number of hydrogen-bond acceptors (Lipinski definition) is 7. The first-order valence-electron chi connectivity index (χ1n) is 13.5. The van der Waals surface area contributed by atoms with E-state index in [9.17, 15) is 14.9 Å². The number of ether oxygens (including phenoxy) is 1. The number of Topliss-reactive ketones (excluding diaryl/α,β-unsaturated/α-hetero) is 1. The Balaban J connectivity index is 1.31. The maximum absolute atomic E-state index is 13.6. The van der Waals surface area contributed by atoms with Gasteiger partial charge in [-0.25, -0.2) is 9.78 Å². The smallest absolute Gasteiger partial charge is 0.339 e. The second-order valence-corrected chi connectivity index (χ2v) is 10.3. The Morgan fingerprint density at radius 1 is 0.951 bits per heavy atom. The zero-order valence-corrected chi connectivity index (χ0v) is 23.1. The van der Waals surface area contributed by atoms with E-state index in [1.54, 1.807) is 9.80 Å². The van der Waals surface area contributed by atoms with E-state index in [2.05, 4.69) is 37.3 Å². The molecule has 6 rings (SSSR count). The van der Waals surface area contributed by atoms with Gasteiger partial charge >= 0.3 is 5.97 Å². The number of pyridine rings is 1. The van der Waals surface area contributed by atoms with Gasteiger partial charge in [0.15, 0.2) is 6.61 Å². The molecular formula is C34H28N4O3. The van der Waals surface area contributed by atoms with Crippen molar-refractivity contribution in [3.63, 3.8) is 0 Å². The number of rotatable bonds is 5.